The molecule has 1 aromatic heterocycles. The van der Waals surface area contributed by atoms with Crippen LogP contribution in [0.5, 0.6) is 0 Å². The van der Waals surface area contributed by atoms with E-state index in [4.69, 9.17) is 27.9 Å². The molecule has 0 spiro atoms. The molecule has 0 unspecified atom stereocenters. The van der Waals surface area contributed by atoms with Gasteiger partial charge in [0, 0.05) is 13.0 Å². The zero-order chi connectivity index (χ0) is 16.9. The van der Waals surface area contributed by atoms with E-state index in [1.54, 1.807) is 18.2 Å². The highest BCUT2D eigenvalue weighted by molar-refractivity contribution is 6.42. The molecular formula is C17H15Cl2N3O2. The number of amides is 1. The number of carbonyl (C=O) groups excluding carboxylic acids is 1. The number of nitrogens with zero attached hydrogens (tertiary/aromatic N) is 1. The molecule has 0 bridgehead atoms. The van der Waals surface area contributed by atoms with Crippen molar-refractivity contribution in [1.82, 2.24) is 15.3 Å². The molecule has 124 valence electrons. The molecule has 2 aromatic carbocycles. The van der Waals surface area contributed by atoms with E-state index in [0.717, 1.165) is 22.4 Å². The van der Waals surface area contributed by atoms with Crippen molar-refractivity contribution in [3.8, 4) is 0 Å². The first-order valence-electron chi connectivity index (χ1n) is 7.40. The zero-order valence-corrected chi connectivity index (χ0v) is 14.2. The minimum Gasteiger partial charge on any atom is -0.445 e. The van der Waals surface area contributed by atoms with E-state index in [1.807, 2.05) is 24.3 Å². The Morgan fingerprint density at radius 1 is 1.17 bits per heavy atom. The predicted molar refractivity (Wildman–Crippen MR) is 94.4 cm³/mol. The van der Waals surface area contributed by atoms with Crippen LogP contribution in [0, 0.1) is 0 Å². The molecule has 2 N–H and O–H groups in total. The highest BCUT2D eigenvalue weighted by atomic mass is 35.5. The van der Waals surface area contributed by atoms with E-state index in [2.05, 4.69) is 15.3 Å². The Hall–Kier alpha value is -2.24. The molecule has 1 amide bonds. The number of rotatable bonds is 5. The van der Waals surface area contributed by atoms with E-state index in [9.17, 15) is 4.79 Å². The molecule has 3 aromatic rings. The van der Waals surface area contributed by atoms with Gasteiger partial charge in [-0.2, -0.15) is 0 Å². The fourth-order valence-corrected chi connectivity index (χ4v) is 2.56. The molecule has 0 aliphatic carbocycles. The van der Waals surface area contributed by atoms with Gasteiger partial charge in [-0.1, -0.05) is 41.4 Å². The lowest BCUT2D eigenvalue weighted by Crippen LogP contribution is -2.26. The Bertz CT molecular complexity index is 831. The third-order valence-electron chi connectivity index (χ3n) is 3.42. The minimum absolute atomic E-state index is 0.132. The van der Waals surface area contributed by atoms with E-state index >= 15 is 0 Å². The molecule has 0 aliphatic rings. The number of nitrogens with one attached hydrogen (secondary N) is 2. The normalized spacial score (nSPS) is 10.8. The molecule has 5 nitrogen and oxygen atoms in total. The van der Waals surface area contributed by atoms with Gasteiger partial charge in [0.05, 0.1) is 21.1 Å². The molecule has 0 atom stereocenters. The molecule has 1 heterocycles. The van der Waals surface area contributed by atoms with Crippen LogP contribution in [0.3, 0.4) is 0 Å². The predicted octanol–water partition coefficient (Wildman–Crippen LogP) is 4.34. The maximum absolute atomic E-state index is 11.7. The van der Waals surface area contributed by atoms with Crippen molar-refractivity contribution in [2.45, 2.75) is 13.0 Å². The van der Waals surface area contributed by atoms with Gasteiger partial charge in [-0.25, -0.2) is 9.78 Å². The average Bonchev–Trinajstić information content (AvgIpc) is 2.98. The van der Waals surface area contributed by atoms with E-state index in [1.165, 1.54) is 0 Å². The van der Waals surface area contributed by atoms with Gasteiger partial charge in [0.1, 0.15) is 12.4 Å². The van der Waals surface area contributed by atoms with Crippen LogP contribution in [0.1, 0.15) is 11.4 Å². The molecule has 0 fully saturated rings. The Morgan fingerprint density at radius 3 is 2.79 bits per heavy atom. The van der Waals surface area contributed by atoms with Crippen LogP contribution >= 0.6 is 23.2 Å². The number of fused-ring (bicyclic) bond motifs is 1. The van der Waals surface area contributed by atoms with Gasteiger partial charge in [-0.05, 0) is 29.8 Å². The molecule has 3 rings (SSSR count). The van der Waals surface area contributed by atoms with Crippen molar-refractivity contribution < 1.29 is 9.53 Å². The van der Waals surface area contributed by atoms with Crippen LogP contribution in [0.25, 0.3) is 11.0 Å². The van der Waals surface area contributed by atoms with Gasteiger partial charge in [0.25, 0.3) is 0 Å². The Kier molecular flexibility index (Phi) is 5.23. The highest BCUT2D eigenvalue weighted by Gasteiger charge is 2.06. The Labute approximate surface area is 148 Å². The second kappa shape index (κ2) is 7.55. The van der Waals surface area contributed by atoms with Gasteiger partial charge in [0.2, 0.25) is 0 Å². The van der Waals surface area contributed by atoms with Crippen molar-refractivity contribution in [2.75, 3.05) is 6.54 Å². The van der Waals surface area contributed by atoms with Gasteiger partial charge >= 0.3 is 6.09 Å². The number of imidazole rings is 1. The summed E-state index contributed by atoms with van der Waals surface area (Å²) in [6, 6.07) is 12.9. The third kappa shape index (κ3) is 4.19. The summed E-state index contributed by atoms with van der Waals surface area (Å²) in [6.07, 6.45) is 0.105. The van der Waals surface area contributed by atoms with E-state index in [0.29, 0.717) is 23.0 Å². The van der Waals surface area contributed by atoms with Crippen LogP contribution in [0.2, 0.25) is 10.0 Å². The number of para-hydroxylation sites is 2. The summed E-state index contributed by atoms with van der Waals surface area (Å²) in [7, 11) is 0. The summed E-state index contributed by atoms with van der Waals surface area (Å²) in [5, 5.41) is 3.59. The number of hydrogen-bond donors (Lipinski definition) is 2. The number of aromatic amines is 1. The van der Waals surface area contributed by atoms with Crippen LogP contribution in [0.4, 0.5) is 4.79 Å². The van der Waals surface area contributed by atoms with Crippen molar-refractivity contribution in [3.63, 3.8) is 0 Å². The monoisotopic (exact) mass is 363 g/mol. The number of aromatic nitrogens is 2. The standard InChI is InChI=1S/C17H15Cl2N3O2/c18-12-6-5-11(9-13(12)19)10-24-17(23)20-8-7-16-21-14-3-1-2-4-15(14)22-16/h1-6,9H,7-8,10H2,(H,20,23)(H,21,22). The first-order valence-corrected chi connectivity index (χ1v) is 8.15. The number of benzene rings is 2. The molecule has 24 heavy (non-hydrogen) atoms. The van der Waals surface area contributed by atoms with Gasteiger partial charge in [-0.15, -0.1) is 0 Å². The molecule has 0 radical (unpaired) electrons. The highest BCUT2D eigenvalue weighted by Crippen LogP contribution is 2.22. The third-order valence-corrected chi connectivity index (χ3v) is 4.16. The van der Waals surface area contributed by atoms with E-state index in [-0.39, 0.29) is 6.61 Å². The first-order chi connectivity index (χ1) is 11.6. The number of carbonyl (C=O) groups is 1. The van der Waals surface area contributed by atoms with Crippen LogP contribution in [-0.4, -0.2) is 22.6 Å². The smallest absolute Gasteiger partial charge is 0.407 e. The topological polar surface area (TPSA) is 67.0 Å². The number of halogens is 2. The van der Waals surface area contributed by atoms with Gasteiger partial charge in [-0.3, -0.25) is 0 Å². The van der Waals surface area contributed by atoms with Crippen molar-refractivity contribution in [2.24, 2.45) is 0 Å². The summed E-state index contributed by atoms with van der Waals surface area (Å²) < 4.78 is 5.14. The van der Waals surface area contributed by atoms with Crippen molar-refractivity contribution in [3.05, 3.63) is 63.9 Å². The fourth-order valence-electron chi connectivity index (χ4n) is 2.24. The summed E-state index contributed by atoms with van der Waals surface area (Å²) in [5.74, 6) is 0.820. The Balaban J connectivity index is 1.44. The SMILES string of the molecule is O=C(NCCc1nc2ccccc2[nH]1)OCc1ccc(Cl)c(Cl)c1. The molecule has 0 saturated carbocycles. The fraction of sp³-hybridized carbons (Fsp3) is 0.176. The molecule has 0 aliphatic heterocycles. The van der Waals surface area contributed by atoms with Crippen molar-refractivity contribution >= 4 is 40.3 Å². The second-order valence-corrected chi connectivity index (χ2v) is 6.02. The van der Waals surface area contributed by atoms with Gasteiger partial charge < -0.3 is 15.0 Å². The second-order valence-electron chi connectivity index (χ2n) is 5.20. The molecular weight excluding hydrogens is 349 g/mol. The van der Waals surface area contributed by atoms with Crippen LogP contribution < -0.4 is 5.32 Å². The lowest BCUT2D eigenvalue weighted by molar-refractivity contribution is 0.140. The lowest BCUT2D eigenvalue weighted by atomic mass is 10.2. The average molecular weight is 364 g/mol. The van der Waals surface area contributed by atoms with E-state index < -0.39 is 6.09 Å². The summed E-state index contributed by atoms with van der Waals surface area (Å²) >= 11 is 11.8. The largest absolute Gasteiger partial charge is 0.445 e. The summed E-state index contributed by atoms with van der Waals surface area (Å²) in [6.45, 7) is 0.563. The number of alkyl carbamates (subject to hydrolysis) is 1. The summed E-state index contributed by atoms with van der Waals surface area (Å²) in [5.41, 5.74) is 2.67. The number of hydrogen-bond acceptors (Lipinski definition) is 3. The van der Waals surface area contributed by atoms with Crippen LogP contribution in [-0.2, 0) is 17.8 Å². The number of ether oxygens (including phenoxy) is 1. The lowest BCUT2D eigenvalue weighted by Gasteiger charge is -2.07. The molecule has 0 saturated heterocycles. The van der Waals surface area contributed by atoms with Crippen molar-refractivity contribution in [1.29, 1.82) is 0 Å². The summed E-state index contributed by atoms with van der Waals surface area (Å²) in [4.78, 5) is 19.4. The minimum atomic E-state index is -0.489. The zero-order valence-electron chi connectivity index (χ0n) is 12.7. The molecule has 7 heteroatoms. The number of H-pyrrole nitrogens is 1. The quantitative estimate of drug-likeness (QED) is 0.708. The maximum atomic E-state index is 11.7. The van der Waals surface area contributed by atoms with Gasteiger partial charge in [0.15, 0.2) is 0 Å². The van der Waals surface area contributed by atoms with Crippen LogP contribution in [0.15, 0.2) is 42.5 Å². The Morgan fingerprint density at radius 2 is 2.00 bits per heavy atom. The maximum Gasteiger partial charge on any atom is 0.407 e. The first kappa shape index (κ1) is 16.6.